The Labute approximate surface area is 117 Å². The summed E-state index contributed by atoms with van der Waals surface area (Å²) in [6, 6.07) is 1.44. The second kappa shape index (κ2) is 8.00. The van der Waals surface area contributed by atoms with Crippen molar-refractivity contribution in [2.75, 3.05) is 25.1 Å². The van der Waals surface area contributed by atoms with Crippen molar-refractivity contribution in [1.29, 1.82) is 0 Å². The predicted molar refractivity (Wildman–Crippen MR) is 68.8 cm³/mol. The number of carbonyl (C=O) groups is 1. The lowest BCUT2D eigenvalue weighted by atomic mass is 10.3. The number of aromatic carboxylic acids is 1. The van der Waals surface area contributed by atoms with Gasteiger partial charge in [-0.2, -0.15) is 0 Å². The third-order valence-corrected chi connectivity index (χ3v) is 2.69. The Morgan fingerprint density at radius 3 is 2.89 bits per heavy atom. The number of nitrogens with zero attached hydrogens (tertiary/aromatic N) is 1. The molecule has 0 aliphatic rings. The van der Waals surface area contributed by atoms with Crippen LogP contribution in [0.1, 0.15) is 16.8 Å². The first kappa shape index (κ1) is 15.8. The molecule has 19 heavy (non-hydrogen) atoms. The van der Waals surface area contributed by atoms with Gasteiger partial charge in [-0.15, -0.1) is 0 Å². The van der Waals surface area contributed by atoms with E-state index in [0.717, 1.165) is 0 Å². The summed E-state index contributed by atoms with van der Waals surface area (Å²) in [4.78, 5) is 14.6. The van der Waals surface area contributed by atoms with Crippen LogP contribution in [0, 0.1) is 0 Å². The maximum Gasteiger partial charge on any atom is 0.337 e. The number of alkyl halides is 2. The van der Waals surface area contributed by atoms with Crippen molar-refractivity contribution in [1.82, 2.24) is 4.98 Å². The standard InChI is InChI=1S/C11H13BrF2N2O3/c12-8-4-7(11(17)18)5-16-10(8)15-2-1-3-19-6-9(13)14/h4-5,9H,1-3,6H2,(H,15,16)(H,17,18). The van der Waals surface area contributed by atoms with Crippen LogP contribution in [0.5, 0.6) is 0 Å². The van der Waals surface area contributed by atoms with E-state index in [1.54, 1.807) is 0 Å². The number of ether oxygens (including phenoxy) is 1. The van der Waals surface area contributed by atoms with Crippen LogP contribution in [0.25, 0.3) is 0 Å². The molecule has 0 atom stereocenters. The molecular formula is C11H13BrF2N2O3. The van der Waals surface area contributed by atoms with E-state index in [0.29, 0.717) is 23.3 Å². The molecule has 1 heterocycles. The van der Waals surface area contributed by atoms with Crippen LogP contribution in [-0.2, 0) is 4.74 Å². The van der Waals surface area contributed by atoms with Gasteiger partial charge in [0.15, 0.2) is 0 Å². The summed E-state index contributed by atoms with van der Waals surface area (Å²) in [5.74, 6) is -0.556. The normalized spacial score (nSPS) is 10.7. The summed E-state index contributed by atoms with van der Waals surface area (Å²) in [5.41, 5.74) is 0.0812. The summed E-state index contributed by atoms with van der Waals surface area (Å²) in [6.45, 7) is 0.151. The molecule has 8 heteroatoms. The number of pyridine rings is 1. The summed E-state index contributed by atoms with van der Waals surface area (Å²) in [6.07, 6.45) is -0.670. The monoisotopic (exact) mass is 338 g/mol. The molecule has 0 aliphatic carbocycles. The molecule has 0 aliphatic heterocycles. The van der Waals surface area contributed by atoms with Crippen molar-refractivity contribution in [3.63, 3.8) is 0 Å². The minimum atomic E-state index is -2.45. The molecular weight excluding hydrogens is 326 g/mol. The van der Waals surface area contributed by atoms with Gasteiger partial charge in [-0.25, -0.2) is 18.6 Å². The quantitative estimate of drug-likeness (QED) is 0.713. The average Bonchev–Trinajstić information content (AvgIpc) is 2.34. The van der Waals surface area contributed by atoms with E-state index in [-0.39, 0.29) is 12.2 Å². The second-order valence-electron chi connectivity index (χ2n) is 3.61. The van der Waals surface area contributed by atoms with E-state index in [4.69, 9.17) is 9.84 Å². The van der Waals surface area contributed by atoms with Crippen molar-refractivity contribution < 1.29 is 23.4 Å². The molecule has 0 bridgehead atoms. The van der Waals surface area contributed by atoms with Gasteiger partial charge in [0.05, 0.1) is 10.0 Å². The molecule has 0 spiro atoms. The number of anilines is 1. The molecule has 0 radical (unpaired) electrons. The molecule has 0 unspecified atom stereocenters. The number of rotatable bonds is 8. The highest BCUT2D eigenvalue weighted by molar-refractivity contribution is 9.10. The van der Waals surface area contributed by atoms with Gasteiger partial charge < -0.3 is 15.2 Å². The van der Waals surface area contributed by atoms with Crippen LogP contribution in [0.3, 0.4) is 0 Å². The average molecular weight is 339 g/mol. The van der Waals surface area contributed by atoms with Crippen molar-refractivity contribution in [3.8, 4) is 0 Å². The smallest absolute Gasteiger partial charge is 0.337 e. The number of hydrogen-bond acceptors (Lipinski definition) is 4. The fraction of sp³-hybridized carbons (Fsp3) is 0.455. The van der Waals surface area contributed by atoms with Gasteiger partial charge in [0.25, 0.3) is 6.43 Å². The molecule has 0 fully saturated rings. The van der Waals surface area contributed by atoms with E-state index in [1.807, 2.05) is 0 Å². The summed E-state index contributed by atoms with van der Waals surface area (Å²) in [7, 11) is 0. The zero-order valence-electron chi connectivity index (χ0n) is 9.91. The van der Waals surface area contributed by atoms with Gasteiger partial charge in [0.2, 0.25) is 0 Å². The Morgan fingerprint density at radius 2 is 2.32 bits per heavy atom. The summed E-state index contributed by atoms with van der Waals surface area (Å²) < 4.78 is 28.8. The highest BCUT2D eigenvalue weighted by atomic mass is 79.9. The van der Waals surface area contributed by atoms with Gasteiger partial charge >= 0.3 is 5.97 Å². The molecule has 1 rings (SSSR count). The number of aromatic nitrogens is 1. The molecule has 0 amide bonds. The minimum Gasteiger partial charge on any atom is -0.478 e. The largest absolute Gasteiger partial charge is 0.478 e. The van der Waals surface area contributed by atoms with Crippen LogP contribution in [0.15, 0.2) is 16.7 Å². The lowest BCUT2D eigenvalue weighted by molar-refractivity contribution is 0.0175. The van der Waals surface area contributed by atoms with Crippen LogP contribution in [0.4, 0.5) is 14.6 Å². The van der Waals surface area contributed by atoms with Crippen LogP contribution in [-0.4, -0.2) is 42.2 Å². The highest BCUT2D eigenvalue weighted by Gasteiger charge is 2.07. The van der Waals surface area contributed by atoms with E-state index in [1.165, 1.54) is 12.3 Å². The number of halogens is 3. The zero-order valence-corrected chi connectivity index (χ0v) is 11.5. The Hall–Kier alpha value is -1.28. The van der Waals surface area contributed by atoms with Crippen LogP contribution in [0.2, 0.25) is 0 Å². The van der Waals surface area contributed by atoms with Gasteiger partial charge in [-0.3, -0.25) is 0 Å². The Kier molecular flexibility index (Phi) is 6.65. The maximum absolute atomic E-state index is 11.8. The van der Waals surface area contributed by atoms with E-state index < -0.39 is 19.0 Å². The molecule has 0 saturated carbocycles. The van der Waals surface area contributed by atoms with Gasteiger partial charge in [-0.1, -0.05) is 0 Å². The topological polar surface area (TPSA) is 71.5 Å². The lowest BCUT2D eigenvalue weighted by Crippen LogP contribution is -2.10. The van der Waals surface area contributed by atoms with Crippen molar-refractivity contribution in [3.05, 3.63) is 22.3 Å². The molecule has 106 valence electrons. The van der Waals surface area contributed by atoms with Crippen LogP contribution < -0.4 is 5.32 Å². The van der Waals surface area contributed by atoms with E-state index >= 15 is 0 Å². The SMILES string of the molecule is O=C(O)c1cnc(NCCCOCC(F)F)c(Br)c1. The van der Waals surface area contributed by atoms with Gasteiger partial charge in [-0.05, 0) is 28.4 Å². The highest BCUT2D eigenvalue weighted by Crippen LogP contribution is 2.20. The first-order valence-electron chi connectivity index (χ1n) is 5.49. The third kappa shape index (κ3) is 5.93. The first-order valence-corrected chi connectivity index (χ1v) is 6.28. The van der Waals surface area contributed by atoms with Crippen LogP contribution >= 0.6 is 15.9 Å². The molecule has 1 aromatic rings. The van der Waals surface area contributed by atoms with Crippen molar-refractivity contribution in [2.45, 2.75) is 12.8 Å². The third-order valence-electron chi connectivity index (χ3n) is 2.09. The first-order chi connectivity index (χ1) is 9.00. The number of carboxylic acid groups (broad SMARTS) is 1. The minimum absolute atomic E-state index is 0.0812. The van der Waals surface area contributed by atoms with Crippen molar-refractivity contribution >= 4 is 27.7 Å². The van der Waals surface area contributed by atoms with Crippen molar-refractivity contribution in [2.24, 2.45) is 0 Å². The Bertz CT molecular complexity index is 432. The molecule has 0 saturated heterocycles. The summed E-state index contributed by atoms with van der Waals surface area (Å²) in [5, 5.41) is 11.7. The zero-order chi connectivity index (χ0) is 14.3. The number of hydrogen-bond donors (Lipinski definition) is 2. The second-order valence-corrected chi connectivity index (χ2v) is 4.46. The molecule has 1 aromatic heterocycles. The van der Waals surface area contributed by atoms with E-state index in [9.17, 15) is 13.6 Å². The lowest BCUT2D eigenvalue weighted by Gasteiger charge is -2.08. The predicted octanol–water partition coefficient (Wildman–Crippen LogP) is 2.63. The van der Waals surface area contributed by atoms with Gasteiger partial charge in [0.1, 0.15) is 12.4 Å². The van der Waals surface area contributed by atoms with E-state index in [2.05, 4.69) is 26.2 Å². The number of carboxylic acids is 1. The summed E-state index contributed by atoms with van der Waals surface area (Å²) >= 11 is 3.20. The molecule has 2 N–H and O–H groups in total. The number of nitrogens with one attached hydrogen (secondary N) is 1. The Balaban J connectivity index is 2.32. The maximum atomic E-state index is 11.8. The Morgan fingerprint density at radius 1 is 1.58 bits per heavy atom. The molecule has 0 aromatic carbocycles. The van der Waals surface area contributed by atoms with Gasteiger partial charge in [0, 0.05) is 19.3 Å². The molecule has 5 nitrogen and oxygen atoms in total. The fourth-order valence-corrected chi connectivity index (χ4v) is 1.73. The fourth-order valence-electron chi connectivity index (χ4n) is 1.24.